The van der Waals surface area contributed by atoms with E-state index in [1.165, 1.54) is 6.20 Å². The normalized spacial score (nSPS) is 10.3. The van der Waals surface area contributed by atoms with Crippen molar-refractivity contribution in [3.63, 3.8) is 0 Å². The van der Waals surface area contributed by atoms with Gasteiger partial charge in [-0.25, -0.2) is 0 Å². The summed E-state index contributed by atoms with van der Waals surface area (Å²) >= 11 is 2.21. The fourth-order valence-corrected chi connectivity index (χ4v) is 1.97. The summed E-state index contributed by atoms with van der Waals surface area (Å²) in [5.74, 6) is -0.243. The van der Waals surface area contributed by atoms with Gasteiger partial charge in [0.05, 0.1) is 11.9 Å². The van der Waals surface area contributed by atoms with E-state index in [2.05, 4.69) is 33.0 Å². The van der Waals surface area contributed by atoms with Crippen LogP contribution < -0.4 is 11.1 Å². The van der Waals surface area contributed by atoms with Gasteiger partial charge in [-0.3, -0.25) is 9.48 Å². The molecule has 2 rings (SSSR count). The smallest absolute Gasteiger partial charge is 0.276 e. The number of nitrogens with two attached hydrogens (primary N) is 1. The molecule has 0 unspecified atom stereocenters. The van der Waals surface area contributed by atoms with E-state index < -0.39 is 0 Å². The molecular weight excluding hydrogens is 343 g/mol. The minimum Gasteiger partial charge on any atom is -0.396 e. The largest absolute Gasteiger partial charge is 0.396 e. The Hall–Kier alpha value is -1.57. The summed E-state index contributed by atoms with van der Waals surface area (Å²) in [5.41, 5.74) is 7.28. The van der Waals surface area contributed by atoms with Gasteiger partial charge in [0.15, 0.2) is 0 Å². The molecule has 1 aromatic heterocycles. The highest BCUT2D eigenvalue weighted by atomic mass is 127. The number of nitrogen functional groups attached to an aromatic ring is 1. The predicted octanol–water partition coefficient (Wildman–Crippen LogP) is 2.34. The number of aryl methyl sites for hydroxylation is 1. The fraction of sp³-hybridized carbons (Fsp3) is 0.167. The van der Waals surface area contributed by atoms with Crippen molar-refractivity contribution in [2.75, 3.05) is 11.1 Å². The number of hydrogen-bond donors (Lipinski definition) is 2. The summed E-state index contributed by atoms with van der Waals surface area (Å²) in [4.78, 5) is 12.1. The molecule has 0 spiro atoms. The van der Waals surface area contributed by atoms with Gasteiger partial charge in [0.1, 0.15) is 5.69 Å². The number of hydrogen-bond acceptors (Lipinski definition) is 3. The van der Waals surface area contributed by atoms with Crippen LogP contribution in [0.4, 0.5) is 11.4 Å². The Labute approximate surface area is 119 Å². The maximum atomic E-state index is 12.1. The van der Waals surface area contributed by atoms with Crippen molar-refractivity contribution in [3.8, 4) is 0 Å². The number of nitrogens with zero attached hydrogens (tertiary/aromatic N) is 2. The number of halogens is 1. The van der Waals surface area contributed by atoms with E-state index in [-0.39, 0.29) is 5.91 Å². The molecule has 94 valence electrons. The average molecular weight is 356 g/mol. The Morgan fingerprint density at radius 1 is 1.44 bits per heavy atom. The highest BCUT2D eigenvalue weighted by Gasteiger charge is 2.15. The van der Waals surface area contributed by atoms with Gasteiger partial charge in [0.25, 0.3) is 5.91 Å². The molecule has 1 aromatic carbocycles. The van der Waals surface area contributed by atoms with E-state index in [9.17, 15) is 4.79 Å². The zero-order chi connectivity index (χ0) is 13.1. The van der Waals surface area contributed by atoms with Gasteiger partial charge in [-0.15, -0.1) is 0 Å². The Morgan fingerprint density at radius 2 is 2.11 bits per heavy atom. The molecule has 0 fully saturated rings. The van der Waals surface area contributed by atoms with Crippen molar-refractivity contribution in [2.24, 2.45) is 0 Å². The summed E-state index contributed by atoms with van der Waals surface area (Å²) in [6.45, 7) is 2.51. The summed E-state index contributed by atoms with van der Waals surface area (Å²) < 4.78 is 2.70. The van der Waals surface area contributed by atoms with Crippen molar-refractivity contribution in [1.82, 2.24) is 9.78 Å². The van der Waals surface area contributed by atoms with Crippen LogP contribution in [0.2, 0.25) is 0 Å². The van der Waals surface area contributed by atoms with Gasteiger partial charge in [-0.2, -0.15) is 5.10 Å². The molecule has 0 aliphatic rings. The first-order chi connectivity index (χ1) is 8.61. The van der Waals surface area contributed by atoms with Gasteiger partial charge in [-0.05, 0) is 53.8 Å². The van der Waals surface area contributed by atoms with Crippen molar-refractivity contribution >= 4 is 39.9 Å². The summed E-state index contributed by atoms with van der Waals surface area (Å²) in [5, 5.41) is 6.84. The van der Waals surface area contributed by atoms with E-state index in [0.717, 1.165) is 9.26 Å². The van der Waals surface area contributed by atoms with E-state index in [0.29, 0.717) is 17.9 Å². The molecule has 1 heterocycles. The molecule has 0 bridgehead atoms. The van der Waals surface area contributed by atoms with Gasteiger partial charge < -0.3 is 11.1 Å². The first kappa shape index (κ1) is 12.9. The third-order valence-electron chi connectivity index (χ3n) is 2.48. The molecule has 2 aromatic rings. The minimum absolute atomic E-state index is 0.243. The molecule has 0 saturated carbocycles. The quantitative estimate of drug-likeness (QED) is 0.830. The third kappa shape index (κ3) is 2.63. The van der Waals surface area contributed by atoms with Crippen LogP contribution in [0.15, 0.2) is 30.5 Å². The predicted molar refractivity (Wildman–Crippen MR) is 79.4 cm³/mol. The lowest BCUT2D eigenvalue weighted by Gasteiger charge is -2.07. The lowest BCUT2D eigenvalue weighted by molar-refractivity contribution is 0.101. The van der Waals surface area contributed by atoms with Crippen LogP contribution in [0.25, 0.3) is 0 Å². The molecular formula is C12H13IN4O. The Morgan fingerprint density at radius 3 is 2.72 bits per heavy atom. The second-order valence-corrected chi connectivity index (χ2v) is 4.97. The first-order valence-electron chi connectivity index (χ1n) is 5.50. The van der Waals surface area contributed by atoms with Crippen LogP contribution in [0, 0.1) is 3.57 Å². The fourth-order valence-electron chi connectivity index (χ4n) is 1.61. The van der Waals surface area contributed by atoms with Crippen molar-refractivity contribution < 1.29 is 4.79 Å². The second-order valence-electron chi connectivity index (χ2n) is 3.73. The maximum Gasteiger partial charge on any atom is 0.276 e. The molecule has 18 heavy (non-hydrogen) atoms. The lowest BCUT2D eigenvalue weighted by atomic mass is 10.3. The topological polar surface area (TPSA) is 72.9 Å². The summed E-state index contributed by atoms with van der Waals surface area (Å²) in [6.07, 6.45) is 1.49. The van der Waals surface area contributed by atoms with Gasteiger partial charge >= 0.3 is 0 Å². The molecule has 0 aliphatic heterocycles. The number of rotatable bonds is 3. The summed E-state index contributed by atoms with van der Waals surface area (Å²) in [7, 11) is 0. The van der Waals surface area contributed by atoms with E-state index in [1.807, 2.05) is 31.2 Å². The van der Waals surface area contributed by atoms with Gasteiger partial charge in [0.2, 0.25) is 0 Å². The molecule has 0 radical (unpaired) electrons. The maximum absolute atomic E-state index is 12.1. The van der Waals surface area contributed by atoms with E-state index >= 15 is 0 Å². The highest BCUT2D eigenvalue weighted by molar-refractivity contribution is 14.1. The molecule has 0 aliphatic carbocycles. The number of carbonyl (C=O) groups excluding carboxylic acids is 1. The number of anilines is 2. The Kier molecular flexibility index (Phi) is 3.85. The molecule has 3 N–H and O–H groups in total. The van der Waals surface area contributed by atoms with E-state index in [1.54, 1.807) is 4.68 Å². The highest BCUT2D eigenvalue weighted by Crippen LogP contribution is 2.15. The minimum atomic E-state index is -0.243. The molecule has 5 nitrogen and oxygen atoms in total. The van der Waals surface area contributed by atoms with Crippen LogP contribution in [-0.4, -0.2) is 15.7 Å². The van der Waals surface area contributed by atoms with Crippen LogP contribution in [0.1, 0.15) is 17.4 Å². The summed E-state index contributed by atoms with van der Waals surface area (Å²) in [6, 6.07) is 7.55. The molecule has 1 amide bonds. The number of carbonyl (C=O) groups is 1. The molecule has 6 heteroatoms. The zero-order valence-electron chi connectivity index (χ0n) is 9.85. The van der Waals surface area contributed by atoms with Gasteiger partial charge in [0, 0.05) is 15.8 Å². The first-order valence-corrected chi connectivity index (χ1v) is 6.58. The molecule has 0 atom stereocenters. The zero-order valence-corrected chi connectivity index (χ0v) is 12.0. The number of amides is 1. The number of aromatic nitrogens is 2. The number of nitrogens with one attached hydrogen (secondary N) is 1. The Balaban J connectivity index is 2.21. The van der Waals surface area contributed by atoms with Crippen molar-refractivity contribution in [2.45, 2.75) is 13.5 Å². The van der Waals surface area contributed by atoms with Crippen molar-refractivity contribution in [1.29, 1.82) is 0 Å². The van der Waals surface area contributed by atoms with Crippen LogP contribution >= 0.6 is 22.6 Å². The second kappa shape index (κ2) is 5.38. The van der Waals surface area contributed by atoms with Crippen LogP contribution in [0.5, 0.6) is 0 Å². The average Bonchev–Trinajstić information content (AvgIpc) is 2.73. The van der Waals surface area contributed by atoms with Crippen LogP contribution in [0.3, 0.4) is 0 Å². The van der Waals surface area contributed by atoms with Crippen molar-refractivity contribution in [3.05, 3.63) is 39.7 Å². The van der Waals surface area contributed by atoms with E-state index in [4.69, 9.17) is 5.73 Å². The SMILES string of the molecule is CCn1ncc(N)c1C(=O)Nc1ccc(I)cc1. The standard InChI is InChI=1S/C12H13IN4O/c1-2-17-11(10(14)7-15-17)12(18)16-9-5-3-8(13)4-6-9/h3-7H,2,14H2,1H3,(H,16,18). The monoisotopic (exact) mass is 356 g/mol. The van der Waals surface area contributed by atoms with Crippen LogP contribution in [-0.2, 0) is 6.54 Å². The third-order valence-corrected chi connectivity index (χ3v) is 3.20. The van der Waals surface area contributed by atoms with Gasteiger partial charge in [-0.1, -0.05) is 0 Å². The molecule has 0 saturated heterocycles. The number of benzene rings is 1. The lowest BCUT2D eigenvalue weighted by Crippen LogP contribution is -2.18. The Bertz CT molecular complexity index is 562.